The molecule has 3 nitrogen and oxygen atoms in total. The van der Waals surface area contributed by atoms with E-state index in [4.69, 9.17) is 9.72 Å². The number of aromatic nitrogens is 1. The van der Waals surface area contributed by atoms with Crippen molar-refractivity contribution in [1.82, 2.24) is 10.3 Å². The van der Waals surface area contributed by atoms with Crippen LogP contribution in [0, 0.1) is 13.8 Å². The van der Waals surface area contributed by atoms with Crippen LogP contribution >= 0.6 is 11.3 Å². The molecular weight excluding hydrogens is 256 g/mol. The van der Waals surface area contributed by atoms with E-state index < -0.39 is 0 Å². The molecule has 2 aromatic rings. The summed E-state index contributed by atoms with van der Waals surface area (Å²) in [5, 5.41) is 6.54. The molecule has 1 N–H and O–H groups in total. The first-order chi connectivity index (χ1) is 9.22. The zero-order valence-electron chi connectivity index (χ0n) is 11.3. The minimum Gasteiger partial charge on any atom is -0.368 e. The van der Waals surface area contributed by atoms with Gasteiger partial charge in [-0.3, -0.25) is 0 Å². The fourth-order valence-electron chi connectivity index (χ4n) is 2.41. The smallest absolute Gasteiger partial charge is 0.124 e. The molecule has 2 heterocycles. The topological polar surface area (TPSA) is 34.1 Å². The summed E-state index contributed by atoms with van der Waals surface area (Å²) < 4.78 is 5.75. The fraction of sp³-hybridized carbons (Fsp3) is 0.400. The molecule has 0 spiro atoms. The zero-order chi connectivity index (χ0) is 13.2. The average Bonchev–Trinajstić information content (AvgIpc) is 2.88. The van der Waals surface area contributed by atoms with Gasteiger partial charge in [0.2, 0.25) is 0 Å². The number of ether oxygens (including phenoxy) is 1. The molecule has 0 bridgehead atoms. The summed E-state index contributed by atoms with van der Waals surface area (Å²) in [6, 6.07) is 6.56. The fourth-order valence-corrected chi connectivity index (χ4v) is 3.29. The lowest BCUT2D eigenvalue weighted by molar-refractivity contribution is 0.0276. The Bertz CT molecular complexity index is 553. The monoisotopic (exact) mass is 274 g/mol. The van der Waals surface area contributed by atoms with Crippen LogP contribution in [0.25, 0.3) is 11.3 Å². The van der Waals surface area contributed by atoms with Crippen molar-refractivity contribution < 1.29 is 4.74 Å². The second-order valence-corrected chi connectivity index (χ2v) is 5.90. The molecule has 1 fully saturated rings. The van der Waals surface area contributed by atoms with E-state index in [2.05, 4.69) is 42.7 Å². The van der Waals surface area contributed by atoms with Gasteiger partial charge in [0.15, 0.2) is 0 Å². The zero-order valence-corrected chi connectivity index (χ0v) is 12.1. The lowest BCUT2D eigenvalue weighted by Gasteiger charge is -2.21. The van der Waals surface area contributed by atoms with Gasteiger partial charge in [0, 0.05) is 24.0 Å². The van der Waals surface area contributed by atoms with Gasteiger partial charge in [0.25, 0.3) is 0 Å². The largest absolute Gasteiger partial charge is 0.368 e. The van der Waals surface area contributed by atoms with Gasteiger partial charge in [-0.25, -0.2) is 4.98 Å². The summed E-state index contributed by atoms with van der Waals surface area (Å²) in [7, 11) is 0. The number of aryl methyl sites for hydroxylation is 2. The Balaban J connectivity index is 1.87. The van der Waals surface area contributed by atoms with Crippen LogP contribution in [0.1, 0.15) is 22.2 Å². The van der Waals surface area contributed by atoms with Crippen molar-refractivity contribution in [2.24, 2.45) is 0 Å². The van der Waals surface area contributed by atoms with Crippen molar-refractivity contribution >= 4 is 11.3 Å². The summed E-state index contributed by atoms with van der Waals surface area (Å²) in [6.45, 7) is 6.81. The second kappa shape index (κ2) is 5.41. The molecule has 1 aromatic heterocycles. The highest BCUT2D eigenvalue weighted by atomic mass is 32.1. The molecule has 1 aromatic carbocycles. The third-order valence-corrected chi connectivity index (χ3v) is 4.18. The van der Waals surface area contributed by atoms with Gasteiger partial charge in [-0.1, -0.05) is 17.2 Å². The van der Waals surface area contributed by atoms with Gasteiger partial charge < -0.3 is 10.1 Å². The predicted molar refractivity (Wildman–Crippen MR) is 78.6 cm³/mol. The van der Waals surface area contributed by atoms with Crippen molar-refractivity contribution in [2.45, 2.75) is 20.0 Å². The summed E-state index contributed by atoms with van der Waals surface area (Å²) in [5.74, 6) is 0. The molecule has 1 saturated heterocycles. The first-order valence-electron chi connectivity index (χ1n) is 6.59. The SMILES string of the molecule is Cc1cc(C)cc(-c2csc(C3CNCCO3)n2)c1. The van der Waals surface area contributed by atoms with E-state index in [0.717, 1.165) is 30.4 Å². The van der Waals surface area contributed by atoms with Crippen LogP contribution in [0.15, 0.2) is 23.6 Å². The molecule has 1 atom stereocenters. The highest BCUT2D eigenvalue weighted by Crippen LogP contribution is 2.28. The van der Waals surface area contributed by atoms with E-state index in [-0.39, 0.29) is 6.10 Å². The molecule has 0 radical (unpaired) electrons. The van der Waals surface area contributed by atoms with Crippen molar-refractivity contribution in [1.29, 1.82) is 0 Å². The van der Waals surface area contributed by atoms with Crippen molar-refractivity contribution in [3.8, 4) is 11.3 Å². The second-order valence-electron chi connectivity index (χ2n) is 5.01. The number of hydrogen-bond donors (Lipinski definition) is 1. The number of rotatable bonds is 2. The first-order valence-corrected chi connectivity index (χ1v) is 7.47. The van der Waals surface area contributed by atoms with Crippen LogP contribution in [-0.4, -0.2) is 24.7 Å². The maximum Gasteiger partial charge on any atom is 0.124 e. The Morgan fingerprint density at radius 3 is 2.74 bits per heavy atom. The van der Waals surface area contributed by atoms with Crippen LogP contribution < -0.4 is 5.32 Å². The molecule has 3 rings (SSSR count). The minimum atomic E-state index is 0.110. The standard InChI is InChI=1S/C15H18N2OS/c1-10-5-11(2)7-12(6-10)13-9-19-15(17-13)14-8-16-3-4-18-14/h5-7,9,14,16H,3-4,8H2,1-2H3. The Labute approximate surface area is 117 Å². The molecule has 1 aliphatic heterocycles. The molecule has 19 heavy (non-hydrogen) atoms. The van der Waals surface area contributed by atoms with Gasteiger partial charge in [-0.2, -0.15) is 0 Å². The average molecular weight is 274 g/mol. The minimum absolute atomic E-state index is 0.110. The Hall–Kier alpha value is -1.23. The third-order valence-electron chi connectivity index (χ3n) is 3.24. The number of hydrogen-bond acceptors (Lipinski definition) is 4. The number of nitrogens with one attached hydrogen (secondary N) is 1. The van der Waals surface area contributed by atoms with Crippen LogP contribution in [0.3, 0.4) is 0 Å². The number of benzene rings is 1. The Morgan fingerprint density at radius 1 is 1.26 bits per heavy atom. The van der Waals surface area contributed by atoms with Crippen molar-refractivity contribution in [3.63, 3.8) is 0 Å². The van der Waals surface area contributed by atoms with Gasteiger partial charge in [-0.15, -0.1) is 11.3 Å². The third kappa shape index (κ3) is 2.86. The van der Waals surface area contributed by atoms with Gasteiger partial charge in [-0.05, 0) is 26.0 Å². The maximum atomic E-state index is 5.75. The van der Waals surface area contributed by atoms with Crippen LogP contribution in [0.5, 0.6) is 0 Å². The van der Waals surface area contributed by atoms with Crippen molar-refractivity contribution in [2.75, 3.05) is 19.7 Å². The van der Waals surface area contributed by atoms with E-state index in [1.54, 1.807) is 11.3 Å². The Morgan fingerprint density at radius 2 is 2.05 bits per heavy atom. The van der Waals surface area contributed by atoms with E-state index in [1.165, 1.54) is 16.7 Å². The van der Waals surface area contributed by atoms with Crippen LogP contribution in [0.2, 0.25) is 0 Å². The Kier molecular flexibility index (Phi) is 3.64. The van der Waals surface area contributed by atoms with E-state index in [9.17, 15) is 0 Å². The molecule has 0 saturated carbocycles. The number of nitrogens with zero attached hydrogens (tertiary/aromatic N) is 1. The highest BCUT2D eigenvalue weighted by molar-refractivity contribution is 7.10. The molecule has 0 aliphatic carbocycles. The lowest BCUT2D eigenvalue weighted by atomic mass is 10.1. The molecule has 100 valence electrons. The summed E-state index contributed by atoms with van der Waals surface area (Å²) in [4.78, 5) is 4.74. The van der Waals surface area contributed by atoms with E-state index >= 15 is 0 Å². The molecule has 0 amide bonds. The van der Waals surface area contributed by atoms with Gasteiger partial charge in [0.1, 0.15) is 11.1 Å². The van der Waals surface area contributed by atoms with Crippen molar-refractivity contribution in [3.05, 3.63) is 39.7 Å². The normalized spacial score (nSPS) is 19.6. The van der Waals surface area contributed by atoms with Gasteiger partial charge in [0.05, 0.1) is 12.3 Å². The predicted octanol–water partition coefficient (Wildman–Crippen LogP) is 3.09. The van der Waals surface area contributed by atoms with Crippen LogP contribution in [0.4, 0.5) is 0 Å². The summed E-state index contributed by atoms with van der Waals surface area (Å²) >= 11 is 1.69. The molecular formula is C15H18N2OS. The number of thiazole rings is 1. The molecule has 1 aliphatic rings. The van der Waals surface area contributed by atoms with E-state index in [0.29, 0.717) is 0 Å². The van der Waals surface area contributed by atoms with Crippen LogP contribution in [-0.2, 0) is 4.74 Å². The van der Waals surface area contributed by atoms with Gasteiger partial charge >= 0.3 is 0 Å². The summed E-state index contributed by atoms with van der Waals surface area (Å²) in [6.07, 6.45) is 0.110. The molecule has 1 unspecified atom stereocenters. The number of morpholine rings is 1. The maximum absolute atomic E-state index is 5.75. The molecule has 4 heteroatoms. The summed E-state index contributed by atoms with van der Waals surface area (Å²) in [5.41, 5.74) is 4.81. The first kappa shape index (κ1) is 12.8. The lowest BCUT2D eigenvalue weighted by Crippen LogP contribution is -2.33. The van der Waals surface area contributed by atoms with E-state index in [1.807, 2.05) is 0 Å². The quantitative estimate of drug-likeness (QED) is 0.914. The highest BCUT2D eigenvalue weighted by Gasteiger charge is 2.19.